The minimum atomic E-state index is -0.124. The highest BCUT2D eigenvalue weighted by atomic mass is 16.5. The fourth-order valence-electron chi connectivity index (χ4n) is 3.32. The number of hydrogen-bond acceptors (Lipinski definition) is 5. The van der Waals surface area contributed by atoms with E-state index in [1.807, 2.05) is 0 Å². The van der Waals surface area contributed by atoms with E-state index < -0.39 is 0 Å². The predicted octanol–water partition coefficient (Wildman–Crippen LogP) is 2.00. The first-order valence-electron chi connectivity index (χ1n) is 7.49. The van der Waals surface area contributed by atoms with Crippen molar-refractivity contribution in [1.82, 2.24) is 15.0 Å². The molecule has 19 heavy (non-hydrogen) atoms. The lowest BCUT2D eigenvalue weighted by Crippen LogP contribution is -2.30. The highest BCUT2D eigenvalue weighted by Gasteiger charge is 2.36. The third-order valence-corrected chi connectivity index (χ3v) is 4.65. The van der Waals surface area contributed by atoms with Gasteiger partial charge in [-0.2, -0.15) is 4.98 Å². The number of likely N-dealkylation sites (tertiary alicyclic amines) is 1. The quantitative estimate of drug-likeness (QED) is 0.900. The zero-order valence-corrected chi connectivity index (χ0v) is 11.8. The van der Waals surface area contributed by atoms with Crippen LogP contribution in [0.1, 0.15) is 63.2 Å². The van der Waals surface area contributed by atoms with Gasteiger partial charge in [-0.05, 0) is 38.8 Å². The van der Waals surface area contributed by atoms with Gasteiger partial charge in [0.25, 0.3) is 0 Å². The smallest absolute Gasteiger partial charge is 0.232 e. The van der Waals surface area contributed by atoms with Crippen molar-refractivity contribution in [3.63, 3.8) is 0 Å². The first-order chi connectivity index (χ1) is 9.17. The minimum absolute atomic E-state index is 0.0820. The minimum Gasteiger partial charge on any atom is -0.339 e. The number of nitrogens with zero attached hydrogens (tertiary/aromatic N) is 3. The number of aromatic nitrogens is 2. The molecule has 1 unspecified atom stereocenters. The Bertz CT molecular complexity index is 419. The van der Waals surface area contributed by atoms with Crippen molar-refractivity contribution >= 4 is 0 Å². The maximum Gasteiger partial charge on any atom is 0.232 e. The highest BCUT2D eigenvalue weighted by Crippen LogP contribution is 2.39. The molecule has 1 saturated heterocycles. The molecule has 1 aromatic rings. The van der Waals surface area contributed by atoms with Crippen LogP contribution in [0.25, 0.3) is 0 Å². The second-order valence-corrected chi connectivity index (χ2v) is 6.34. The van der Waals surface area contributed by atoms with Crippen LogP contribution >= 0.6 is 0 Å². The van der Waals surface area contributed by atoms with Crippen LogP contribution in [-0.4, -0.2) is 34.7 Å². The second-order valence-electron chi connectivity index (χ2n) is 6.34. The molecule has 1 atom stereocenters. The standard InChI is InChI=1S/C14H24N4O/c1-14(6-2-3-7-14)13-16-12(17-19-13)11(15)10-18-8-4-5-9-18/h11H,2-10,15H2,1H3. The largest absolute Gasteiger partial charge is 0.339 e. The SMILES string of the molecule is CC1(c2nc(C(N)CN3CCCC3)no2)CCCC1. The van der Waals surface area contributed by atoms with Gasteiger partial charge in [0.2, 0.25) is 5.89 Å². The van der Waals surface area contributed by atoms with E-state index in [4.69, 9.17) is 10.3 Å². The number of nitrogens with two attached hydrogens (primary N) is 1. The Morgan fingerprint density at radius 2 is 1.95 bits per heavy atom. The monoisotopic (exact) mass is 264 g/mol. The topological polar surface area (TPSA) is 68.2 Å². The van der Waals surface area contributed by atoms with Crippen LogP contribution in [0.2, 0.25) is 0 Å². The normalized spacial score (nSPS) is 24.9. The lowest BCUT2D eigenvalue weighted by atomic mass is 9.89. The van der Waals surface area contributed by atoms with Crippen molar-refractivity contribution in [2.75, 3.05) is 19.6 Å². The van der Waals surface area contributed by atoms with Crippen molar-refractivity contribution in [1.29, 1.82) is 0 Å². The molecule has 5 nitrogen and oxygen atoms in total. The molecule has 2 aliphatic rings. The molecule has 0 spiro atoms. The fourth-order valence-corrected chi connectivity index (χ4v) is 3.32. The Kier molecular flexibility index (Phi) is 3.58. The summed E-state index contributed by atoms with van der Waals surface area (Å²) in [4.78, 5) is 6.96. The summed E-state index contributed by atoms with van der Waals surface area (Å²) in [6, 6.07) is -0.124. The van der Waals surface area contributed by atoms with Gasteiger partial charge in [0.1, 0.15) is 0 Å². The Balaban J connectivity index is 1.66. The summed E-state index contributed by atoms with van der Waals surface area (Å²) in [6.07, 6.45) is 7.37. The van der Waals surface area contributed by atoms with Crippen LogP contribution in [0.3, 0.4) is 0 Å². The van der Waals surface area contributed by atoms with Gasteiger partial charge in [-0.3, -0.25) is 0 Å². The third-order valence-electron chi connectivity index (χ3n) is 4.65. The molecular formula is C14H24N4O. The Hall–Kier alpha value is -0.940. The molecular weight excluding hydrogens is 240 g/mol. The maximum atomic E-state index is 6.20. The summed E-state index contributed by atoms with van der Waals surface area (Å²) in [5, 5.41) is 4.11. The average Bonchev–Trinajstić information content (AvgIpc) is 3.08. The molecule has 0 bridgehead atoms. The van der Waals surface area contributed by atoms with Crippen molar-refractivity contribution in [2.24, 2.45) is 5.73 Å². The first kappa shape index (κ1) is 13.1. The van der Waals surface area contributed by atoms with E-state index in [9.17, 15) is 0 Å². The summed E-state index contributed by atoms with van der Waals surface area (Å²) in [5.41, 5.74) is 6.29. The van der Waals surface area contributed by atoms with Gasteiger partial charge in [-0.15, -0.1) is 0 Å². The van der Waals surface area contributed by atoms with Gasteiger partial charge in [-0.1, -0.05) is 24.9 Å². The van der Waals surface area contributed by atoms with E-state index >= 15 is 0 Å². The Labute approximate surface area is 114 Å². The van der Waals surface area contributed by atoms with Crippen LogP contribution in [-0.2, 0) is 5.41 Å². The molecule has 106 valence electrons. The molecule has 5 heteroatoms. The lowest BCUT2D eigenvalue weighted by molar-refractivity contribution is 0.286. The van der Waals surface area contributed by atoms with Crippen LogP contribution in [0.5, 0.6) is 0 Å². The van der Waals surface area contributed by atoms with E-state index in [0.717, 1.165) is 38.4 Å². The Morgan fingerprint density at radius 3 is 2.63 bits per heavy atom. The molecule has 3 rings (SSSR count). The van der Waals surface area contributed by atoms with Crippen LogP contribution < -0.4 is 5.73 Å². The first-order valence-corrected chi connectivity index (χ1v) is 7.49. The average molecular weight is 264 g/mol. The number of rotatable bonds is 4. The van der Waals surface area contributed by atoms with E-state index in [-0.39, 0.29) is 11.5 Å². The molecule has 0 aromatic carbocycles. The van der Waals surface area contributed by atoms with Gasteiger partial charge in [0.15, 0.2) is 5.82 Å². The fraction of sp³-hybridized carbons (Fsp3) is 0.857. The van der Waals surface area contributed by atoms with Gasteiger partial charge in [0.05, 0.1) is 6.04 Å². The summed E-state index contributed by atoms with van der Waals surface area (Å²) in [7, 11) is 0. The summed E-state index contributed by atoms with van der Waals surface area (Å²) < 4.78 is 5.48. The third kappa shape index (κ3) is 2.67. The van der Waals surface area contributed by atoms with Gasteiger partial charge in [-0.25, -0.2) is 0 Å². The van der Waals surface area contributed by atoms with Gasteiger partial charge < -0.3 is 15.2 Å². The second kappa shape index (κ2) is 5.21. The number of hydrogen-bond donors (Lipinski definition) is 1. The Morgan fingerprint density at radius 1 is 1.26 bits per heavy atom. The van der Waals surface area contributed by atoms with Crippen LogP contribution in [0.15, 0.2) is 4.52 Å². The lowest BCUT2D eigenvalue weighted by Gasteiger charge is -2.18. The summed E-state index contributed by atoms with van der Waals surface area (Å²) in [5.74, 6) is 1.46. The molecule has 2 fully saturated rings. The molecule has 0 radical (unpaired) electrons. The molecule has 0 amide bonds. The van der Waals surface area contributed by atoms with Crippen LogP contribution in [0, 0.1) is 0 Å². The molecule has 1 aliphatic heterocycles. The molecule has 1 aromatic heterocycles. The van der Waals surface area contributed by atoms with E-state index in [0.29, 0.717) is 5.82 Å². The van der Waals surface area contributed by atoms with E-state index in [1.54, 1.807) is 0 Å². The summed E-state index contributed by atoms with van der Waals surface area (Å²) >= 11 is 0. The van der Waals surface area contributed by atoms with Gasteiger partial charge >= 0.3 is 0 Å². The van der Waals surface area contributed by atoms with Crippen molar-refractivity contribution in [3.8, 4) is 0 Å². The van der Waals surface area contributed by atoms with Crippen molar-refractivity contribution < 1.29 is 4.52 Å². The predicted molar refractivity (Wildman–Crippen MR) is 72.7 cm³/mol. The van der Waals surface area contributed by atoms with Crippen molar-refractivity contribution in [2.45, 2.75) is 56.9 Å². The van der Waals surface area contributed by atoms with Crippen molar-refractivity contribution in [3.05, 3.63) is 11.7 Å². The molecule has 2 N–H and O–H groups in total. The highest BCUT2D eigenvalue weighted by molar-refractivity contribution is 5.07. The molecule has 2 heterocycles. The zero-order valence-electron chi connectivity index (χ0n) is 11.8. The van der Waals surface area contributed by atoms with Gasteiger partial charge in [0, 0.05) is 12.0 Å². The molecule has 1 aliphatic carbocycles. The van der Waals surface area contributed by atoms with E-state index in [2.05, 4.69) is 22.0 Å². The van der Waals surface area contributed by atoms with E-state index in [1.165, 1.54) is 25.7 Å². The maximum absolute atomic E-state index is 6.20. The van der Waals surface area contributed by atoms with Crippen LogP contribution in [0.4, 0.5) is 0 Å². The molecule has 1 saturated carbocycles. The zero-order chi connectivity index (χ0) is 13.3. The summed E-state index contributed by atoms with van der Waals surface area (Å²) in [6.45, 7) is 5.37.